The lowest BCUT2D eigenvalue weighted by atomic mass is 9.94. The summed E-state index contributed by atoms with van der Waals surface area (Å²) in [6.07, 6.45) is 9.33. The van der Waals surface area contributed by atoms with E-state index >= 15 is 0 Å². The fourth-order valence-corrected chi connectivity index (χ4v) is 2.78. The Labute approximate surface area is 124 Å². The highest BCUT2D eigenvalue weighted by Crippen LogP contribution is 2.25. The first kappa shape index (κ1) is 13.7. The smallest absolute Gasteiger partial charge is 0.227 e. The van der Waals surface area contributed by atoms with Gasteiger partial charge in [0.15, 0.2) is 0 Å². The van der Waals surface area contributed by atoms with Gasteiger partial charge in [0.2, 0.25) is 5.91 Å². The van der Waals surface area contributed by atoms with Crippen LogP contribution in [0.5, 0.6) is 0 Å². The molecule has 1 aliphatic rings. The molecule has 2 aromatic rings. The van der Waals surface area contributed by atoms with Gasteiger partial charge in [0.1, 0.15) is 6.33 Å². The Kier molecular flexibility index (Phi) is 4.19. The summed E-state index contributed by atoms with van der Waals surface area (Å²) in [6, 6.07) is 5.75. The molecule has 0 saturated carbocycles. The zero-order valence-electron chi connectivity index (χ0n) is 11.9. The number of carbonyl (C=O) groups is 1. The molecular weight excluding hydrogens is 264 g/mol. The molecule has 21 heavy (non-hydrogen) atoms. The van der Waals surface area contributed by atoms with Crippen molar-refractivity contribution in [2.45, 2.75) is 25.2 Å². The molecule has 0 aromatic carbocycles. The van der Waals surface area contributed by atoms with Gasteiger partial charge in [0.25, 0.3) is 0 Å². The van der Waals surface area contributed by atoms with Gasteiger partial charge < -0.3 is 4.90 Å². The number of likely N-dealkylation sites (tertiary alicyclic amines) is 1. The zero-order chi connectivity index (χ0) is 14.5. The summed E-state index contributed by atoms with van der Waals surface area (Å²) in [6.45, 7) is 1.58. The second-order valence-electron chi connectivity index (χ2n) is 5.35. The molecule has 3 rings (SSSR count). The van der Waals surface area contributed by atoms with Crippen molar-refractivity contribution < 1.29 is 4.79 Å². The third-order valence-corrected chi connectivity index (χ3v) is 3.88. The predicted molar refractivity (Wildman–Crippen MR) is 78.5 cm³/mol. The van der Waals surface area contributed by atoms with E-state index in [1.165, 1.54) is 0 Å². The minimum atomic E-state index is 0.168. The first-order valence-corrected chi connectivity index (χ1v) is 7.25. The topological polar surface area (TPSA) is 59.0 Å². The van der Waals surface area contributed by atoms with Crippen LogP contribution in [0.4, 0.5) is 0 Å². The van der Waals surface area contributed by atoms with E-state index in [0.717, 1.165) is 37.2 Å². The van der Waals surface area contributed by atoms with Crippen LogP contribution in [0.1, 0.15) is 30.0 Å². The maximum Gasteiger partial charge on any atom is 0.227 e. The number of pyridine rings is 1. The molecule has 1 unspecified atom stereocenters. The fourth-order valence-electron chi connectivity index (χ4n) is 2.78. The van der Waals surface area contributed by atoms with Gasteiger partial charge in [-0.1, -0.05) is 6.07 Å². The minimum Gasteiger partial charge on any atom is -0.342 e. The summed E-state index contributed by atoms with van der Waals surface area (Å²) in [4.78, 5) is 26.7. The van der Waals surface area contributed by atoms with E-state index < -0.39 is 0 Å². The summed E-state index contributed by atoms with van der Waals surface area (Å²) < 4.78 is 0. The van der Waals surface area contributed by atoms with Gasteiger partial charge in [0, 0.05) is 43.3 Å². The van der Waals surface area contributed by atoms with E-state index in [4.69, 9.17) is 0 Å². The summed E-state index contributed by atoms with van der Waals surface area (Å²) in [5.41, 5.74) is 2.00. The molecule has 0 radical (unpaired) electrons. The second kappa shape index (κ2) is 6.43. The highest BCUT2D eigenvalue weighted by molar-refractivity contribution is 5.78. The van der Waals surface area contributed by atoms with Crippen molar-refractivity contribution in [2.75, 3.05) is 13.1 Å². The van der Waals surface area contributed by atoms with Gasteiger partial charge in [-0.05, 0) is 30.5 Å². The molecule has 1 atom stereocenters. The molecular formula is C16H18N4O. The third kappa shape index (κ3) is 3.42. The van der Waals surface area contributed by atoms with Gasteiger partial charge >= 0.3 is 0 Å². The van der Waals surface area contributed by atoms with Crippen LogP contribution in [0.15, 0.2) is 43.1 Å². The summed E-state index contributed by atoms with van der Waals surface area (Å²) >= 11 is 0. The molecule has 1 aliphatic heterocycles. The standard InChI is InChI=1S/C16H18N4O/c21-16(9-13-3-1-6-17-10-13)20-8-2-4-14(11-20)15-5-7-18-12-19-15/h1,3,5-7,10,12,14H,2,4,8-9,11H2. The Balaban J connectivity index is 1.64. The Morgan fingerprint density at radius 1 is 1.29 bits per heavy atom. The molecule has 0 N–H and O–H groups in total. The minimum absolute atomic E-state index is 0.168. The lowest BCUT2D eigenvalue weighted by Crippen LogP contribution is -2.40. The Morgan fingerprint density at radius 3 is 3.00 bits per heavy atom. The van der Waals surface area contributed by atoms with Gasteiger partial charge in [-0.15, -0.1) is 0 Å². The first-order chi connectivity index (χ1) is 10.3. The molecule has 2 aromatic heterocycles. The number of hydrogen-bond donors (Lipinski definition) is 0. The number of nitrogens with zero attached hydrogens (tertiary/aromatic N) is 4. The van der Waals surface area contributed by atoms with Crippen molar-refractivity contribution in [1.29, 1.82) is 0 Å². The average Bonchev–Trinajstić information content (AvgIpc) is 2.57. The van der Waals surface area contributed by atoms with Gasteiger partial charge in [-0.25, -0.2) is 9.97 Å². The normalized spacial score (nSPS) is 18.5. The fraction of sp³-hybridized carbons (Fsp3) is 0.375. The molecule has 3 heterocycles. The second-order valence-corrected chi connectivity index (χ2v) is 5.35. The highest BCUT2D eigenvalue weighted by Gasteiger charge is 2.25. The predicted octanol–water partition coefficient (Wildman–Crippen LogP) is 1.82. The van der Waals surface area contributed by atoms with E-state index in [1.54, 1.807) is 24.9 Å². The molecule has 5 heteroatoms. The lowest BCUT2D eigenvalue weighted by molar-refractivity contribution is -0.131. The van der Waals surface area contributed by atoms with Crippen molar-refractivity contribution >= 4 is 5.91 Å². The molecule has 0 bridgehead atoms. The molecule has 1 fully saturated rings. The van der Waals surface area contributed by atoms with E-state index in [9.17, 15) is 4.79 Å². The van der Waals surface area contributed by atoms with Crippen LogP contribution in [-0.4, -0.2) is 38.8 Å². The molecule has 5 nitrogen and oxygen atoms in total. The quantitative estimate of drug-likeness (QED) is 0.861. The van der Waals surface area contributed by atoms with Crippen molar-refractivity contribution in [3.05, 3.63) is 54.4 Å². The van der Waals surface area contributed by atoms with Gasteiger partial charge in [-0.3, -0.25) is 9.78 Å². The molecule has 108 valence electrons. The Hall–Kier alpha value is -2.30. The molecule has 0 aliphatic carbocycles. The van der Waals surface area contributed by atoms with Crippen LogP contribution < -0.4 is 0 Å². The number of piperidine rings is 1. The number of hydrogen-bond acceptors (Lipinski definition) is 4. The van der Waals surface area contributed by atoms with E-state index in [2.05, 4.69) is 15.0 Å². The van der Waals surface area contributed by atoms with Crippen molar-refractivity contribution in [1.82, 2.24) is 19.9 Å². The third-order valence-electron chi connectivity index (χ3n) is 3.88. The Morgan fingerprint density at radius 2 is 2.24 bits per heavy atom. The van der Waals surface area contributed by atoms with E-state index in [1.807, 2.05) is 23.1 Å². The van der Waals surface area contributed by atoms with Gasteiger partial charge in [0.05, 0.1) is 6.42 Å². The van der Waals surface area contributed by atoms with Crippen molar-refractivity contribution in [3.8, 4) is 0 Å². The van der Waals surface area contributed by atoms with Gasteiger partial charge in [-0.2, -0.15) is 0 Å². The van der Waals surface area contributed by atoms with Crippen molar-refractivity contribution in [3.63, 3.8) is 0 Å². The van der Waals surface area contributed by atoms with Crippen LogP contribution in [0, 0.1) is 0 Å². The van der Waals surface area contributed by atoms with Crippen molar-refractivity contribution in [2.24, 2.45) is 0 Å². The largest absolute Gasteiger partial charge is 0.342 e. The number of aromatic nitrogens is 3. The summed E-state index contributed by atoms with van der Waals surface area (Å²) in [5.74, 6) is 0.487. The van der Waals surface area contributed by atoms with Crippen LogP contribution >= 0.6 is 0 Å². The van der Waals surface area contributed by atoms with E-state index in [-0.39, 0.29) is 5.91 Å². The number of rotatable bonds is 3. The van der Waals surface area contributed by atoms with Crippen LogP contribution in [0.2, 0.25) is 0 Å². The maximum absolute atomic E-state index is 12.4. The number of carbonyl (C=O) groups excluding carboxylic acids is 1. The molecule has 1 saturated heterocycles. The average molecular weight is 282 g/mol. The first-order valence-electron chi connectivity index (χ1n) is 7.25. The highest BCUT2D eigenvalue weighted by atomic mass is 16.2. The number of amides is 1. The molecule has 0 spiro atoms. The SMILES string of the molecule is O=C(Cc1cccnc1)N1CCCC(c2ccncn2)C1. The summed E-state index contributed by atoms with van der Waals surface area (Å²) in [5, 5.41) is 0. The Bertz CT molecular complexity index is 588. The summed E-state index contributed by atoms with van der Waals surface area (Å²) in [7, 11) is 0. The van der Waals surface area contributed by atoms with E-state index in [0.29, 0.717) is 12.3 Å². The van der Waals surface area contributed by atoms with Crippen LogP contribution in [0.25, 0.3) is 0 Å². The monoisotopic (exact) mass is 282 g/mol. The zero-order valence-corrected chi connectivity index (χ0v) is 11.9. The van der Waals surface area contributed by atoms with Crippen LogP contribution in [-0.2, 0) is 11.2 Å². The molecule has 1 amide bonds. The maximum atomic E-state index is 12.4. The lowest BCUT2D eigenvalue weighted by Gasteiger charge is -2.32. The van der Waals surface area contributed by atoms with Crippen LogP contribution in [0.3, 0.4) is 0 Å².